The number of ether oxygens (including phenoxy) is 1. The van der Waals surface area contributed by atoms with Crippen molar-refractivity contribution >= 4 is 17.9 Å². The van der Waals surface area contributed by atoms with Gasteiger partial charge in [-0.15, -0.1) is 0 Å². The predicted octanol–water partition coefficient (Wildman–Crippen LogP) is 6.19. The molecule has 1 amide bonds. The highest BCUT2D eigenvalue weighted by Gasteiger charge is 2.47. The fourth-order valence-electron chi connectivity index (χ4n) is 5.60. The normalized spacial score (nSPS) is 23.3. The number of para-hydroxylation sites is 1. The third kappa shape index (κ3) is 5.83. The Morgan fingerprint density at radius 2 is 1.51 bits per heavy atom. The van der Waals surface area contributed by atoms with Gasteiger partial charge in [-0.2, -0.15) is 0 Å². The van der Waals surface area contributed by atoms with Crippen LogP contribution in [0.25, 0.3) is 6.08 Å². The molecule has 6 rings (SSSR count). The van der Waals surface area contributed by atoms with Crippen LogP contribution in [0.2, 0.25) is 0 Å². The van der Waals surface area contributed by atoms with Crippen LogP contribution in [0.15, 0.2) is 97.1 Å². The Morgan fingerprint density at radius 3 is 2.20 bits per heavy atom. The van der Waals surface area contributed by atoms with Crippen molar-refractivity contribution in [1.82, 2.24) is 0 Å². The summed E-state index contributed by atoms with van der Waals surface area (Å²) < 4.78 is 7.29. The second-order valence-electron chi connectivity index (χ2n) is 9.95. The molecule has 3 saturated heterocycles. The Hall–Kier alpha value is -3.37. The van der Waals surface area contributed by atoms with Gasteiger partial charge in [-0.05, 0) is 35.8 Å². The van der Waals surface area contributed by atoms with Gasteiger partial charge in [0.05, 0.1) is 19.6 Å². The molecule has 0 aromatic heterocycles. The summed E-state index contributed by atoms with van der Waals surface area (Å²) in [5.74, 6) is 0.476. The van der Waals surface area contributed by atoms with Crippen LogP contribution >= 0.6 is 0 Å². The van der Waals surface area contributed by atoms with E-state index in [9.17, 15) is 4.79 Å². The quantitative estimate of drug-likeness (QED) is 0.370. The summed E-state index contributed by atoms with van der Waals surface area (Å²) in [6.45, 7) is 4.86. The molecule has 35 heavy (non-hydrogen) atoms. The Labute approximate surface area is 209 Å². The van der Waals surface area contributed by atoms with Gasteiger partial charge in [-0.25, -0.2) is 4.79 Å². The van der Waals surface area contributed by atoms with Crippen LogP contribution in [0.4, 0.5) is 10.5 Å². The number of nitrogens with zero attached hydrogens (tertiary/aromatic N) is 2. The van der Waals surface area contributed by atoms with Crippen LogP contribution < -0.4 is 4.90 Å². The largest absolute Gasteiger partial charge is 0.440 e. The molecule has 3 aliphatic heterocycles. The fraction of sp³-hybridized carbons (Fsp3) is 0.323. The third-order valence-corrected chi connectivity index (χ3v) is 7.65. The van der Waals surface area contributed by atoms with Crippen molar-refractivity contribution in [3.63, 3.8) is 0 Å². The lowest BCUT2D eigenvalue weighted by Gasteiger charge is -2.51. The number of quaternary nitrogens is 1. The standard InChI is InChI=1S/C31H35N2O2/c34-31(32(29-16-8-3-9-17-29)21-18-27-13-6-2-7-14-27)35-30-25-33(23-19-28(30)20-24-33)22-10-15-26-11-4-1-5-12-26/h1-17,28,30H,18-25H2/q+1/t28?,30-,33?/m0/s1. The summed E-state index contributed by atoms with van der Waals surface area (Å²) in [7, 11) is 0. The van der Waals surface area contributed by atoms with E-state index >= 15 is 0 Å². The second-order valence-corrected chi connectivity index (χ2v) is 9.95. The highest BCUT2D eigenvalue weighted by Crippen LogP contribution is 2.36. The van der Waals surface area contributed by atoms with Gasteiger partial charge in [0, 0.05) is 31.0 Å². The van der Waals surface area contributed by atoms with Crippen LogP contribution in [0.1, 0.15) is 24.0 Å². The molecule has 3 aromatic rings. The molecule has 0 radical (unpaired) electrons. The summed E-state index contributed by atoms with van der Waals surface area (Å²) in [6.07, 6.45) is 7.34. The summed E-state index contributed by atoms with van der Waals surface area (Å²) in [5, 5.41) is 0. The fourth-order valence-corrected chi connectivity index (χ4v) is 5.60. The summed E-state index contributed by atoms with van der Waals surface area (Å²) >= 11 is 0. The molecule has 3 aliphatic rings. The van der Waals surface area contributed by atoms with E-state index in [-0.39, 0.29) is 12.2 Å². The van der Waals surface area contributed by atoms with Gasteiger partial charge in [0.1, 0.15) is 6.54 Å². The number of hydrogen-bond acceptors (Lipinski definition) is 2. The van der Waals surface area contributed by atoms with Crippen molar-refractivity contribution in [2.45, 2.75) is 25.4 Å². The van der Waals surface area contributed by atoms with Gasteiger partial charge in [0.15, 0.2) is 6.10 Å². The van der Waals surface area contributed by atoms with Crippen molar-refractivity contribution in [1.29, 1.82) is 0 Å². The number of carbonyl (C=O) groups is 1. The van der Waals surface area contributed by atoms with Gasteiger partial charge in [-0.1, -0.05) is 84.9 Å². The third-order valence-electron chi connectivity index (χ3n) is 7.65. The Balaban J connectivity index is 1.25. The number of amides is 1. The summed E-state index contributed by atoms with van der Waals surface area (Å²) in [4.78, 5) is 15.3. The molecule has 3 heterocycles. The number of carbonyl (C=O) groups excluding carboxylic acids is 1. The average Bonchev–Trinajstić information content (AvgIpc) is 2.91. The highest BCUT2D eigenvalue weighted by molar-refractivity contribution is 5.87. The van der Waals surface area contributed by atoms with Crippen molar-refractivity contribution in [3.05, 3.63) is 108 Å². The molecule has 4 heteroatoms. The minimum Gasteiger partial charge on any atom is -0.440 e. The van der Waals surface area contributed by atoms with Gasteiger partial charge < -0.3 is 9.22 Å². The Morgan fingerprint density at radius 1 is 0.886 bits per heavy atom. The first-order valence-electron chi connectivity index (χ1n) is 12.8. The summed E-state index contributed by atoms with van der Waals surface area (Å²) in [5.41, 5.74) is 3.35. The molecule has 0 N–H and O–H groups in total. The molecular weight excluding hydrogens is 432 g/mol. The highest BCUT2D eigenvalue weighted by atomic mass is 16.6. The number of rotatable bonds is 8. The molecule has 3 aromatic carbocycles. The molecular formula is C31H35N2O2+. The van der Waals surface area contributed by atoms with E-state index in [4.69, 9.17) is 4.74 Å². The smallest absolute Gasteiger partial charge is 0.414 e. The Kier molecular flexibility index (Phi) is 7.29. The lowest BCUT2D eigenvalue weighted by Crippen LogP contribution is -2.64. The van der Waals surface area contributed by atoms with E-state index in [2.05, 4.69) is 48.6 Å². The SMILES string of the molecule is O=C(O[C@H]1C[N+]2(CC=Cc3ccccc3)CCC1CC2)N(CCc1ccccc1)c1ccccc1. The van der Waals surface area contributed by atoms with Gasteiger partial charge in [-0.3, -0.25) is 4.90 Å². The first-order chi connectivity index (χ1) is 17.2. The molecule has 2 bridgehead atoms. The average molecular weight is 468 g/mol. The van der Waals surface area contributed by atoms with E-state index in [1.165, 1.54) is 24.2 Å². The lowest BCUT2D eigenvalue weighted by molar-refractivity contribution is -0.941. The maximum Gasteiger partial charge on any atom is 0.414 e. The monoisotopic (exact) mass is 467 g/mol. The molecule has 180 valence electrons. The molecule has 0 spiro atoms. The topological polar surface area (TPSA) is 29.5 Å². The van der Waals surface area contributed by atoms with E-state index in [0.29, 0.717) is 12.5 Å². The zero-order valence-corrected chi connectivity index (χ0v) is 20.3. The number of fused-ring (bicyclic) bond motifs is 3. The molecule has 0 aliphatic carbocycles. The number of benzene rings is 3. The van der Waals surface area contributed by atoms with Crippen LogP contribution in [-0.4, -0.2) is 49.4 Å². The zero-order valence-electron chi connectivity index (χ0n) is 20.3. The van der Waals surface area contributed by atoms with Crippen molar-refractivity contribution in [3.8, 4) is 0 Å². The molecule has 4 nitrogen and oxygen atoms in total. The molecule has 1 atom stereocenters. The maximum atomic E-state index is 13.5. The van der Waals surface area contributed by atoms with E-state index in [0.717, 1.165) is 42.5 Å². The van der Waals surface area contributed by atoms with Crippen LogP contribution in [0, 0.1) is 5.92 Å². The van der Waals surface area contributed by atoms with Gasteiger partial charge >= 0.3 is 6.09 Å². The minimum atomic E-state index is -0.219. The van der Waals surface area contributed by atoms with E-state index in [1.54, 1.807) is 0 Å². The maximum absolute atomic E-state index is 13.5. The molecule has 3 fully saturated rings. The molecule has 0 saturated carbocycles. The van der Waals surface area contributed by atoms with Crippen molar-refractivity contribution in [2.75, 3.05) is 37.6 Å². The summed E-state index contributed by atoms with van der Waals surface area (Å²) in [6, 6.07) is 30.7. The predicted molar refractivity (Wildman–Crippen MR) is 142 cm³/mol. The number of piperidine rings is 3. The van der Waals surface area contributed by atoms with E-state index in [1.807, 2.05) is 59.5 Å². The number of hydrogen-bond donors (Lipinski definition) is 0. The first-order valence-corrected chi connectivity index (χ1v) is 12.8. The van der Waals surface area contributed by atoms with Crippen LogP contribution in [0.3, 0.4) is 0 Å². The van der Waals surface area contributed by atoms with Crippen molar-refractivity contribution in [2.24, 2.45) is 5.92 Å². The first kappa shape index (κ1) is 23.4. The number of anilines is 1. The lowest BCUT2D eigenvalue weighted by atomic mass is 9.83. The Bertz CT molecular complexity index is 1110. The van der Waals surface area contributed by atoms with Crippen LogP contribution in [-0.2, 0) is 11.2 Å². The van der Waals surface area contributed by atoms with E-state index < -0.39 is 0 Å². The second kappa shape index (κ2) is 10.9. The molecule has 0 unspecified atom stereocenters. The minimum absolute atomic E-state index is 0.0157. The van der Waals surface area contributed by atoms with Crippen LogP contribution in [0.5, 0.6) is 0 Å². The van der Waals surface area contributed by atoms with Gasteiger partial charge in [0.25, 0.3) is 0 Å². The van der Waals surface area contributed by atoms with Crippen molar-refractivity contribution < 1.29 is 14.0 Å². The zero-order chi connectivity index (χ0) is 23.9. The van der Waals surface area contributed by atoms with Gasteiger partial charge in [0.2, 0.25) is 0 Å².